The molecular formula is C24H21N5O3S. The zero-order valence-corrected chi connectivity index (χ0v) is 18.8. The van der Waals surface area contributed by atoms with Gasteiger partial charge >= 0.3 is 0 Å². The number of nitrogen functional groups attached to an aromatic ring is 1. The van der Waals surface area contributed by atoms with E-state index in [1.807, 2.05) is 12.1 Å². The number of thioether (sulfide) groups is 1. The topological polar surface area (TPSA) is 138 Å². The van der Waals surface area contributed by atoms with E-state index in [2.05, 4.69) is 15.6 Å². The van der Waals surface area contributed by atoms with Crippen LogP contribution in [0.2, 0.25) is 0 Å². The monoisotopic (exact) mass is 459 g/mol. The Kier molecular flexibility index (Phi) is 7.43. The number of aromatic nitrogens is 1. The first-order valence-corrected chi connectivity index (χ1v) is 10.8. The van der Waals surface area contributed by atoms with Crippen LogP contribution in [0.5, 0.6) is 0 Å². The molecule has 0 radical (unpaired) electrons. The van der Waals surface area contributed by atoms with E-state index in [0.717, 1.165) is 11.8 Å². The van der Waals surface area contributed by atoms with Crippen LogP contribution in [0, 0.1) is 11.3 Å². The number of rotatable bonds is 7. The van der Waals surface area contributed by atoms with Crippen LogP contribution in [-0.4, -0.2) is 27.8 Å². The molecule has 1 heterocycles. The second kappa shape index (κ2) is 10.4. The lowest BCUT2D eigenvalue weighted by atomic mass is 10.1. The lowest BCUT2D eigenvalue weighted by Crippen LogP contribution is -2.23. The number of hydrogen-bond acceptors (Lipinski definition) is 7. The van der Waals surface area contributed by atoms with Crippen LogP contribution in [0.3, 0.4) is 0 Å². The number of nitrogens with one attached hydrogen (secondary N) is 2. The van der Waals surface area contributed by atoms with Crippen LogP contribution in [0.25, 0.3) is 0 Å². The smallest absolute Gasteiger partial charge is 0.259 e. The molecule has 1 aromatic heterocycles. The van der Waals surface area contributed by atoms with Crippen molar-refractivity contribution in [3.63, 3.8) is 0 Å². The molecule has 0 aliphatic rings. The molecule has 166 valence electrons. The maximum atomic E-state index is 12.6. The predicted octanol–water partition coefficient (Wildman–Crippen LogP) is 4.11. The third kappa shape index (κ3) is 5.96. The van der Waals surface area contributed by atoms with Gasteiger partial charge < -0.3 is 16.4 Å². The SMILES string of the molecule is CC(=O)c1cccc(NC(=O)[C@@H](C)Sc2nc(N)c(C(=O)Nc3ccccc3)cc2C#N)c1. The minimum atomic E-state index is -0.631. The van der Waals surface area contributed by atoms with E-state index in [1.54, 1.807) is 55.5 Å². The number of Topliss-reactive ketones (excluding diaryl/α,β-unsaturated/α-hetero) is 1. The third-order valence-electron chi connectivity index (χ3n) is 4.61. The van der Waals surface area contributed by atoms with Gasteiger partial charge in [-0.05, 0) is 44.2 Å². The number of pyridine rings is 1. The van der Waals surface area contributed by atoms with Gasteiger partial charge in [0.2, 0.25) is 5.91 Å². The Hall–Kier alpha value is -4.16. The molecule has 2 aromatic carbocycles. The van der Waals surface area contributed by atoms with Crippen molar-refractivity contribution in [2.24, 2.45) is 0 Å². The minimum absolute atomic E-state index is 0.0494. The fourth-order valence-corrected chi connectivity index (χ4v) is 3.75. The highest BCUT2D eigenvalue weighted by molar-refractivity contribution is 8.00. The van der Waals surface area contributed by atoms with Crippen molar-refractivity contribution in [1.29, 1.82) is 5.26 Å². The van der Waals surface area contributed by atoms with Gasteiger partial charge in [-0.3, -0.25) is 14.4 Å². The number of ketones is 1. The summed E-state index contributed by atoms with van der Waals surface area (Å²) in [6.45, 7) is 3.10. The number of hydrogen-bond donors (Lipinski definition) is 3. The summed E-state index contributed by atoms with van der Waals surface area (Å²) in [5.74, 6) is -0.985. The molecule has 2 amide bonds. The Morgan fingerprint density at radius 1 is 1.03 bits per heavy atom. The maximum Gasteiger partial charge on any atom is 0.259 e. The molecule has 3 rings (SSSR count). The highest BCUT2D eigenvalue weighted by Gasteiger charge is 2.21. The van der Waals surface area contributed by atoms with E-state index in [4.69, 9.17) is 5.73 Å². The molecule has 0 spiro atoms. The van der Waals surface area contributed by atoms with Crippen molar-refractivity contribution < 1.29 is 14.4 Å². The predicted molar refractivity (Wildman–Crippen MR) is 128 cm³/mol. The van der Waals surface area contributed by atoms with Crippen LogP contribution in [-0.2, 0) is 4.79 Å². The fourth-order valence-electron chi connectivity index (χ4n) is 2.86. The van der Waals surface area contributed by atoms with Crippen molar-refractivity contribution in [1.82, 2.24) is 4.98 Å². The van der Waals surface area contributed by atoms with Crippen molar-refractivity contribution >= 4 is 46.6 Å². The van der Waals surface area contributed by atoms with Crippen LogP contribution >= 0.6 is 11.8 Å². The summed E-state index contributed by atoms with van der Waals surface area (Å²) in [7, 11) is 0. The molecule has 0 fully saturated rings. The van der Waals surface area contributed by atoms with E-state index in [1.165, 1.54) is 13.0 Å². The highest BCUT2D eigenvalue weighted by atomic mass is 32.2. The van der Waals surface area contributed by atoms with Gasteiger partial charge in [-0.1, -0.05) is 42.1 Å². The van der Waals surface area contributed by atoms with Gasteiger partial charge in [-0.25, -0.2) is 4.98 Å². The molecule has 0 bridgehead atoms. The van der Waals surface area contributed by atoms with Crippen LogP contribution in [0.4, 0.5) is 17.2 Å². The average Bonchev–Trinajstić information content (AvgIpc) is 2.80. The van der Waals surface area contributed by atoms with Gasteiger partial charge in [0, 0.05) is 16.9 Å². The fraction of sp³-hybridized carbons (Fsp3) is 0.125. The van der Waals surface area contributed by atoms with Crippen molar-refractivity contribution in [3.05, 3.63) is 77.4 Å². The highest BCUT2D eigenvalue weighted by Crippen LogP contribution is 2.29. The third-order valence-corrected chi connectivity index (χ3v) is 5.71. The standard InChI is InChI=1S/C24H21N5O3S/c1-14(30)16-7-6-10-19(11-16)28-22(31)15(2)33-24-17(13-25)12-20(21(26)29-24)23(32)27-18-8-4-3-5-9-18/h3-12,15H,1-2H3,(H2,26,29)(H,27,32)(H,28,31)/t15-/m1/s1. The number of nitriles is 1. The summed E-state index contributed by atoms with van der Waals surface area (Å²) in [5, 5.41) is 14.6. The molecule has 0 saturated heterocycles. The first-order chi connectivity index (χ1) is 15.8. The van der Waals surface area contributed by atoms with Crippen molar-refractivity contribution in [2.75, 3.05) is 16.4 Å². The second-order valence-corrected chi connectivity index (χ2v) is 8.42. The first kappa shape index (κ1) is 23.5. The minimum Gasteiger partial charge on any atom is -0.383 e. The summed E-state index contributed by atoms with van der Waals surface area (Å²) < 4.78 is 0. The Balaban J connectivity index is 1.75. The number of anilines is 3. The molecule has 0 aliphatic carbocycles. The molecule has 8 nitrogen and oxygen atoms in total. The molecule has 3 aromatic rings. The summed E-state index contributed by atoms with van der Waals surface area (Å²) in [6, 6.07) is 18.8. The van der Waals surface area contributed by atoms with Crippen molar-refractivity contribution in [2.45, 2.75) is 24.1 Å². The Morgan fingerprint density at radius 3 is 2.39 bits per heavy atom. The molecule has 33 heavy (non-hydrogen) atoms. The maximum absolute atomic E-state index is 12.6. The molecule has 9 heteroatoms. The molecule has 0 saturated carbocycles. The number of nitrogens with zero attached hydrogens (tertiary/aromatic N) is 2. The largest absolute Gasteiger partial charge is 0.383 e. The van der Waals surface area contributed by atoms with E-state index in [9.17, 15) is 19.6 Å². The average molecular weight is 460 g/mol. The van der Waals surface area contributed by atoms with Crippen molar-refractivity contribution in [3.8, 4) is 6.07 Å². The molecule has 4 N–H and O–H groups in total. The molecular weight excluding hydrogens is 438 g/mol. The van der Waals surface area contributed by atoms with Gasteiger partial charge in [0.15, 0.2) is 5.78 Å². The lowest BCUT2D eigenvalue weighted by molar-refractivity contribution is -0.115. The van der Waals surface area contributed by atoms with Gasteiger partial charge in [-0.2, -0.15) is 5.26 Å². The van der Waals surface area contributed by atoms with Crippen LogP contribution in [0.15, 0.2) is 65.7 Å². The first-order valence-electron chi connectivity index (χ1n) is 9.94. The normalized spacial score (nSPS) is 11.2. The van der Waals surface area contributed by atoms with Crippen LogP contribution < -0.4 is 16.4 Å². The second-order valence-electron chi connectivity index (χ2n) is 7.09. The zero-order chi connectivity index (χ0) is 24.0. The molecule has 0 unspecified atom stereocenters. The van der Waals surface area contributed by atoms with Crippen LogP contribution in [0.1, 0.15) is 40.1 Å². The Bertz CT molecular complexity index is 1250. The summed E-state index contributed by atoms with van der Waals surface area (Å²) in [5.41, 5.74) is 7.74. The number of nitrogens with two attached hydrogens (primary N) is 1. The summed E-state index contributed by atoms with van der Waals surface area (Å²) in [4.78, 5) is 41.0. The van der Waals surface area contributed by atoms with Gasteiger partial charge in [0.25, 0.3) is 5.91 Å². The number of carbonyl (C=O) groups is 3. The van der Waals surface area contributed by atoms with E-state index >= 15 is 0 Å². The number of benzene rings is 2. The quantitative estimate of drug-likeness (QED) is 0.357. The van der Waals surface area contributed by atoms with Gasteiger partial charge in [0.05, 0.1) is 16.4 Å². The number of para-hydroxylation sites is 1. The summed E-state index contributed by atoms with van der Waals surface area (Å²) in [6.07, 6.45) is 0. The number of amides is 2. The molecule has 1 atom stereocenters. The number of carbonyl (C=O) groups excluding carboxylic acids is 3. The van der Waals surface area contributed by atoms with E-state index in [-0.39, 0.29) is 33.7 Å². The summed E-state index contributed by atoms with van der Waals surface area (Å²) >= 11 is 1.05. The lowest BCUT2D eigenvalue weighted by Gasteiger charge is -2.14. The Labute approximate surface area is 195 Å². The van der Waals surface area contributed by atoms with E-state index < -0.39 is 11.2 Å². The van der Waals surface area contributed by atoms with E-state index in [0.29, 0.717) is 16.9 Å². The van der Waals surface area contributed by atoms with Gasteiger partial charge in [0.1, 0.15) is 16.9 Å². The van der Waals surface area contributed by atoms with Gasteiger partial charge in [-0.15, -0.1) is 0 Å². The Morgan fingerprint density at radius 2 is 1.73 bits per heavy atom. The zero-order valence-electron chi connectivity index (χ0n) is 18.0. The molecule has 0 aliphatic heterocycles.